The molecule has 104 valence electrons. The summed E-state index contributed by atoms with van der Waals surface area (Å²) in [6, 6.07) is 6.56. The highest BCUT2D eigenvalue weighted by atomic mass is 15.1. The molecule has 0 saturated carbocycles. The number of benzene rings is 1. The zero-order valence-corrected chi connectivity index (χ0v) is 12.6. The van der Waals surface area contributed by atoms with Gasteiger partial charge in [0.15, 0.2) is 0 Å². The lowest BCUT2D eigenvalue weighted by molar-refractivity contribution is 0.506. The summed E-state index contributed by atoms with van der Waals surface area (Å²) in [5.74, 6) is 2.55. The van der Waals surface area contributed by atoms with Gasteiger partial charge >= 0.3 is 0 Å². The molecule has 3 nitrogen and oxygen atoms in total. The molecule has 0 amide bonds. The topological polar surface area (TPSA) is 43.8 Å². The zero-order valence-electron chi connectivity index (χ0n) is 12.6. The van der Waals surface area contributed by atoms with Gasteiger partial charge in [0, 0.05) is 13.0 Å². The van der Waals surface area contributed by atoms with Crippen LogP contribution in [-0.4, -0.2) is 16.1 Å². The molecule has 0 fully saturated rings. The second-order valence-electron chi connectivity index (χ2n) is 6.02. The minimum atomic E-state index is 0.418. The summed E-state index contributed by atoms with van der Waals surface area (Å²) in [4.78, 5) is 4.71. The summed E-state index contributed by atoms with van der Waals surface area (Å²) >= 11 is 0. The minimum absolute atomic E-state index is 0.418. The van der Waals surface area contributed by atoms with Gasteiger partial charge in [0.2, 0.25) is 0 Å². The van der Waals surface area contributed by atoms with Gasteiger partial charge in [-0.25, -0.2) is 4.98 Å². The molecule has 0 aliphatic rings. The Bertz CT molecular complexity index is 567. The van der Waals surface area contributed by atoms with Crippen LogP contribution in [0.4, 0.5) is 0 Å². The van der Waals surface area contributed by atoms with Crippen molar-refractivity contribution in [2.75, 3.05) is 6.54 Å². The number of imidazole rings is 1. The van der Waals surface area contributed by atoms with Crippen molar-refractivity contribution >= 4 is 11.0 Å². The van der Waals surface area contributed by atoms with Crippen molar-refractivity contribution in [1.29, 1.82) is 0 Å². The largest absolute Gasteiger partial charge is 0.331 e. The van der Waals surface area contributed by atoms with Gasteiger partial charge in [0.1, 0.15) is 5.82 Å². The van der Waals surface area contributed by atoms with Crippen molar-refractivity contribution in [2.45, 2.75) is 39.5 Å². The van der Waals surface area contributed by atoms with E-state index in [-0.39, 0.29) is 0 Å². The fraction of sp³-hybridized carbons (Fsp3) is 0.562. The quantitative estimate of drug-likeness (QED) is 0.914. The monoisotopic (exact) mass is 259 g/mol. The number of nitrogens with zero attached hydrogens (tertiary/aromatic N) is 2. The molecule has 2 aromatic rings. The molecule has 19 heavy (non-hydrogen) atoms. The first-order valence-corrected chi connectivity index (χ1v) is 7.12. The molecule has 0 aliphatic carbocycles. The molecule has 0 bridgehead atoms. The third-order valence-corrected chi connectivity index (χ3v) is 3.94. The molecule has 1 atom stereocenters. The Balaban J connectivity index is 2.53. The van der Waals surface area contributed by atoms with E-state index in [0.717, 1.165) is 11.3 Å². The second-order valence-corrected chi connectivity index (χ2v) is 6.02. The molecule has 1 aromatic heterocycles. The highest BCUT2D eigenvalue weighted by molar-refractivity contribution is 5.77. The summed E-state index contributed by atoms with van der Waals surface area (Å²) in [6.45, 7) is 9.50. The third kappa shape index (κ3) is 2.52. The molecule has 0 spiro atoms. The molecule has 1 aromatic carbocycles. The number of hydrogen-bond donors (Lipinski definition) is 1. The van der Waals surface area contributed by atoms with E-state index in [1.54, 1.807) is 0 Å². The Morgan fingerprint density at radius 2 is 1.89 bits per heavy atom. The van der Waals surface area contributed by atoms with E-state index >= 15 is 0 Å². The molecule has 1 heterocycles. The molecule has 2 rings (SSSR count). The average molecular weight is 259 g/mol. The Morgan fingerprint density at radius 3 is 2.42 bits per heavy atom. The lowest BCUT2D eigenvalue weighted by Crippen LogP contribution is -2.17. The van der Waals surface area contributed by atoms with Crippen molar-refractivity contribution in [1.82, 2.24) is 9.55 Å². The molecule has 3 heteroatoms. The highest BCUT2D eigenvalue weighted by Gasteiger charge is 2.17. The summed E-state index contributed by atoms with van der Waals surface area (Å²) in [7, 11) is 2.10. The zero-order chi connectivity index (χ0) is 14.2. The molecule has 0 aliphatic heterocycles. The van der Waals surface area contributed by atoms with Gasteiger partial charge in [-0.3, -0.25) is 0 Å². The van der Waals surface area contributed by atoms with Crippen molar-refractivity contribution in [2.24, 2.45) is 18.7 Å². The number of nitrogens with two attached hydrogens (primary N) is 1. The van der Waals surface area contributed by atoms with Gasteiger partial charge in [-0.15, -0.1) is 0 Å². The number of rotatable bonds is 4. The van der Waals surface area contributed by atoms with Crippen molar-refractivity contribution in [3.05, 3.63) is 29.6 Å². The maximum absolute atomic E-state index is 5.92. The van der Waals surface area contributed by atoms with Gasteiger partial charge in [0.05, 0.1) is 11.0 Å². The first-order chi connectivity index (χ1) is 8.95. The maximum Gasteiger partial charge on any atom is 0.112 e. The lowest BCUT2D eigenvalue weighted by atomic mass is 9.88. The van der Waals surface area contributed by atoms with Crippen LogP contribution in [0.25, 0.3) is 11.0 Å². The molecule has 0 radical (unpaired) electrons. The minimum Gasteiger partial charge on any atom is -0.331 e. The van der Waals surface area contributed by atoms with Crippen LogP contribution in [0.3, 0.4) is 0 Å². The molecule has 0 saturated heterocycles. The van der Waals surface area contributed by atoms with Crippen LogP contribution < -0.4 is 5.73 Å². The van der Waals surface area contributed by atoms with Gasteiger partial charge in [-0.05, 0) is 36.1 Å². The number of aromatic nitrogens is 2. The van der Waals surface area contributed by atoms with Crippen molar-refractivity contribution in [3.8, 4) is 0 Å². The van der Waals surface area contributed by atoms with Crippen LogP contribution in [0.15, 0.2) is 18.2 Å². The van der Waals surface area contributed by atoms with Crippen LogP contribution in [0.1, 0.15) is 50.9 Å². The molecule has 1 unspecified atom stereocenters. The second kappa shape index (κ2) is 5.33. The van der Waals surface area contributed by atoms with E-state index in [1.165, 1.54) is 11.1 Å². The van der Waals surface area contributed by atoms with Crippen LogP contribution >= 0.6 is 0 Å². The maximum atomic E-state index is 5.92. The Hall–Kier alpha value is -1.35. The fourth-order valence-corrected chi connectivity index (χ4v) is 2.77. The SMILES string of the molecule is CC(C)c1nc2ccc(C(CN)C(C)C)cc2n1C. The van der Waals surface area contributed by atoms with Gasteiger partial charge in [-0.1, -0.05) is 33.8 Å². The third-order valence-electron chi connectivity index (χ3n) is 3.94. The van der Waals surface area contributed by atoms with Crippen molar-refractivity contribution < 1.29 is 0 Å². The van der Waals surface area contributed by atoms with Crippen molar-refractivity contribution in [3.63, 3.8) is 0 Å². The van der Waals surface area contributed by atoms with E-state index in [0.29, 0.717) is 24.3 Å². The molecule has 2 N–H and O–H groups in total. The number of aryl methyl sites for hydroxylation is 1. The van der Waals surface area contributed by atoms with E-state index in [1.807, 2.05) is 0 Å². The Labute approximate surface area is 115 Å². The van der Waals surface area contributed by atoms with E-state index in [4.69, 9.17) is 10.7 Å². The smallest absolute Gasteiger partial charge is 0.112 e. The fourth-order valence-electron chi connectivity index (χ4n) is 2.77. The lowest BCUT2D eigenvalue weighted by Gasteiger charge is -2.19. The highest BCUT2D eigenvalue weighted by Crippen LogP contribution is 2.28. The molecular formula is C16H25N3. The number of hydrogen-bond acceptors (Lipinski definition) is 2. The van der Waals surface area contributed by atoms with Gasteiger partial charge in [-0.2, -0.15) is 0 Å². The summed E-state index contributed by atoms with van der Waals surface area (Å²) in [5, 5.41) is 0. The van der Waals surface area contributed by atoms with Gasteiger partial charge in [0.25, 0.3) is 0 Å². The van der Waals surface area contributed by atoms with E-state index in [2.05, 4.69) is 57.5 Å². The summed E-state index contributed by atoms with van der Waals surface area (Å²) < 4.78 is 2.21. The first-order valence-electron chi connectivity index (χ1n) is 7.12. The first kappa shape index (κ1) is 14.1. The average Bonchev–Trinajstić information content (AvgIpc) is 2.67. The van der Waals surface area contributed by atoms with Gasteiger partial charge < -0.3 is 10.3 Å². The predicted octanol–water partition coefficient (Wildman–Crippen LogP) is 3.40. The summed E-state index contributed by atoms with van der Waals surface area (Å²) in [6.07, 6.45) is 0. The van der Waals surface area contributed by atoms with Crippen LogP contribution in [0.2, 0.25) is 0 Å². The van der Waals surface area contributed by atoms with Crippen LogP contribution in [0.5, 0.6) is 0 Å². The van der Waals surface area contributed by atoms with E-state index < -0.39 is 0 Å². The Morgan fingerprint density at radius 1 is 1.21 bits per heavy atom. The Kier molecular flexibility index (Phi) is 3.95. The summed E-state index contributed by atoms with van der Waals surface area (Å²) in [5.41, 5.74) is 9.53. The van der Waals surface area contributed by atoms with Crippen LogP contribution in [-0.2, 0) is 7.05 Å². The number of fused-ring (bicyclic) bond motifs is 1. The van der Waals surface area contributed by atoms with E-state index in [9.17, 15) is 0 Å². The predicted molar refractivity (Wildman–Crippen MR) is 81.4 cm³/mol. The van der Waals surface area contributed by atoms with Crippen LogP contribution in [0, 0.1) is 5.92 Å². The normalized spacial score (nSPS) is 13.7. The standard InChI is InChI=1S/C16H25N3/c1-10(2)13(9-17)12-6-7-14-15(8-12)19(5)16(18-14)11(3)4/h6-8,10-11,13H,9,17H2,1-5H3. The molecular weight excluding hydrogens is 234 g/mol.